The molecule has 0 unspecified atom stereocenters. The van der Waals surface area contributed by atoms with Crippen molar-refractivity contribution in [3.63, 3.8) is 0 Å². The molecule has 2 nitrogen and oxygen atoms in total. The second-order valence-electron chi connectivity index (χ2n) is 3.26. The summed E-state index contributed by atoms with van der Waals surface area (Å²) in [7, 11) is 0. The van der Waals surface area contributed by atoms with Gasteiger partial charge in [-0.3, -0.25) is 4.90 Å². The Morgan fingerprint density at radius 3 is 2.77 bits per heavy atom. The Morgan fingerprint density at radius 1 is 1.31 bits per heavy atom. The van der Waals surface area contributed by atoms with E-state index in [4.69, 9.17) is 5.11 Å². The maximum Gasteiger partial charge on any atom is 0.283 e. The molecule has 0 atom stereocenters. The molecule has 0 aliphatic carbocycles. The van der Waals surface area contributed by atoms with Gasteiger partial charge in [0.1, 0.15) is 6.61 Å². The summed E-state index contributed by atoms with van der Waals surface area (Å²) in [5, 5.41) is 8.41. The van der Waals surface area contributed by atoms with Crippen LogP contribution in [0.2, 0.25) is 0 Å². The predicted molar refractivity (Wildman–Crippen MR) is 50.4 cm³/mol. The van der Waals surface area contributed by atoms with Crippen molar-refractivity contribution in [2.75, 3.05) is 37.7 Å². The lowest BCUT2D eigenvalue weighted by Crippen LogP contribution is -2.40. The Kier molecular flexibility index (Phi) is 4.41. The van der Waals surface area contributed by atoms with Gasteiger partial charge in [0.15, 0.2) is 0 Å². The number of rotatable bonds is 3. The van der Waals surface area contributed by atoms with Crippen LogP contribution in [0.4, 0.5) is 8.78 Å². The first-order chi connectivity index (χ1) is 6.14. The van der Waals surface area contributed by atoms with E-state index in [0.29, 0.717) is 6.54 Å². The largest absolute Gasteiger partial charge is 0.390 e. The molecule has 0 aromatic rings. The van der Waals surface area contributed by atoms with Crippen LogP contribution in [0.1, 0.15) is 6.42 Å². The Labute approximate surface area is 81.3 Å². The number of hydrogen-bond acceptors (Lipinski definition) is 3. The smallest absolute Gasteiger partial charge is 0.283 e. The quantitative estimate of drug-likeness (QED) is 0.755. The van der Waals surface area contributed by atoms with Gasteiger partial charge in [-0.25, -0.2) is 8.78 Å². The van der Waals surface area contributed by atoms with Gasteiger partial charge in [0.2, 0.25) is 0 Å². The molecule has 1 rings (SSSR count). The molecule has 1 saturated heterocycles. The second-order valence-corrected chi connectivity index (χ2v) is 4.48. The van der Waals surface area contributed by atoms with Crippen molar-refractivity contribution in [2.24, 2.45) is 0 Å². The lowest BCUT2D eigenvalue weighted by molar-refractivity contribution is -0.0716. The topological polar surface area (TPSA) is 23.5 Å². The van der Waals surface area contributed by atoms with Gasteiger partial charge in [0.05, 0.1) is 6.54 Å². The summed E-state index contributed by atoms with van der Waals surface area (Å²) in [5.74, 6) is -0.961. The number of nitrogens with zero attached hydrogens (tertiary/aromatic N) is 1. The monoisotopic (exact) mass is 211 g/mol. The first kappa shape index (κ1) is 11.2. The molecule has 1 aliphatic heterocycles. The fourth-order valence-electron chi connectivity index (χ4n) is 1.33. The van der Waals surface area contributed by atoms with Crippen molar-refractivity contribution < 1.29 is 13.9 Å². The molecule has 0 spiro atoms. The lowest BCUT2D eigenvalue weighted by Gasteiger charge is -2.24. The van der Waals surface area contributed by atoms with Crippen LogP contribution in [0.3, 0.4) is 0 Å². The third-order valence-electron chi connectivity index (χ3n) is 2.00. The van der Waals surface area contributed by atoms with E-state index in [9.17, 15) is 8.78 Å². The Bertz CT molecular complexity index is 149. The summed E-state index contributed by atoms with van der Waals surface area (Å²) in [4.78, 5) is 1.73. The molecular weight excluding hydrogens is 196 g/mol. The van der Waals surface area contributed by atoms with Crippen LogP contribution in [-0.4, -0.2) is 53.7 Å². The van der Waals surface area contributed by atoms with Crippen LogP contribution in [0, 0.1) is 0 Å². The SMILES string of the molecule is OCC(F)(F)CN1CCCSCC1. The fraction of sp³-hybridized carbons (Fsp3) is 1.00. The van der Waals surface area contributed by atoms with Gasteiger partial charge in [-0.2, -0.15) is 11.8 Å². The summed E-state index contributed by atoms with van der Waals surface area (Å²) in [6.45, 7) is 0.0869. The molecule has 0 aromatic carbocycles. The standard InChI is InChI=1S/C8H15F2NOS/c9-8(10,7-12)6-11-2-1-4-13-5-3-11/h12H,1-7H2. The van der Waals surface area contributed by atoms with Gasteiger partial charge in [-0.15, -0.1) is 0 Å². The first-order valence-corrected chi connectivity index (χ1v) is 5.58. The third kappa shape index (κ3) is 4.24. The molecule has 0 radical (unpaired) electrons. The molecule has 1 aliphatic rings. The first-order valence-electron chi connectivity index (χ1n) is 4.43. The number of hydrogen-bond donors (Lipinski definition) is 1. The lowest BCUT2D eigenvalue weighted by atomic mass is 10.3. The van der Waals surface area contributed by atoms with Crippen LogP contribution in [0.5, 0.6) is 0 Å². The van der Waals surface area contributed by atoms with Gasteiger partial charge >= 0.3 is 0 Å². The van der Waals surface area contributed by atoms with Crippen molar-refractivity contribution in [1.29, 1.82) is 0 Å². The van der Waals surface area contributed by atoms with Crippen LogP contribution in [0.15, 0.2) is 0 Å². The molecule has 0 saturated carbocycles. The fourth-order valence-corrected chi connectivity index (χ4v) is 2.26. The summed E-state index contributed by atoms with van der Waals surface area (Å²) < 4.78 is 25.5. The summed E-state index contributed by atoms with van der Waals surface area (Å²) in [6.07, 6.45) is 0.964. The van der Waals surface area contributed by atoms with E-state index < -0.39 is 12.5 Å². The predicted octanol–water partition coefficient (Wildman–Crippen LogP) is 1.05. The minimum absolute atomic E-state index is 0.302. The van der Waals surface area contributed by atoms with E-state index >= 15 is 0 Å². The number of halogens is 2. The van der Waals surface area contributed by atoms with E-state index in [2.05, 4.69) is 0 Å². The van der Waals surface area contributed by atoms with E-state index in [0.717, 1.165) is 24.5 Å². The number of aliphatic hydroxyl groups is 1. The maximum absolute atomic E-state index is 12.8. The van der Waals surface area contributed by atoms with Gasteiger partial charge in [0.25, 0.3) is 5.92 Å². The van der Waals surface area contributed by atoms with Crippen LogP contribution in [0.25, 0.3) is 0 Å². The van der Waals surface area contributed by atoms with Crippen LogP contribution < -0.4 is 0 Å². The van der Waals surface area contributed by atoms with Crippen molar-refractivity contribution in [2.45, 2.75) is 12.3 Å². The zero-order valence-corrected chi connectivity index (χ0v) is 8.32. The van der Waals surface area contributed by atoms with Crippen molar-refractivity contribution in [3.8, 4) is 0 Å². The molecule has 13 heavy (non-hydrogen) atoms. The zero-order valence-electron chi connectivity index (χ0n) is 7.51. The molecule has 0 amide bonds. The molecular formula is C8H15F2NOS. The minimum Gasteiger partial charge on any atom is -0.390 e. The highest BCUT2D eigenvalue weighted by Crippen LogP contribution is 2.17. The zero-order chi connectivity index (χ0) is 9.73. The molecule has 1 heterocycles. The molecule has 1 N–H and O–H groups in total. The highest BCUT2D eigenvalue weighted by molar-refractivity contribution is 7.99. The van der Waals surface area contributed by atoms with E-state index in [-0.39, 0.29) is 6.54 Å². The average Bonchev–Trinajstić information content (AvgIpc) is 2.32. The average molecular weight is 211 g/mol. The van der Waals surface area contributed by atoms with Crippen molar-refractivity contribution >= 4 is 11.8 Å². The highest BCUT2D eigenvalue weighted by Gasteiger charge is 2.30. The normalized spacial score (nSPS) is 21.5. The maximum atomic E-state index is 12.8. The number of alkyl halides is 2. The summed E-state index contributed by atoms with van der Waals surface area (Å²) in [5.41, 5.74) is 0. The Morgan fingerprint density at radius 2 is 2.08 bits per heavy atom. The van der Waals surface area contributed by atoms with Gasteiger partial charge in [-0.1, -0.05) is 0 Å². The van der Waals surface area contributed by atoms with Crippen LogP contribution >= 0.6 is 11.8 Å². The van der Waals surface area contributed by atoms with Gasteiger partial charge in [-0.05, 0) is 18.7 Å². The number of aliphatic hydroxyl groups excluding tert-OH is 1. The van der Waals surface area contributed by atoms with Gasteiger partial charge < -0.3 is 5.11 Å². The van der Waals surface area contributed by atoms with Crippen molar-refractivity contribution in [1.82, 2.24) is 4.90 Å². The molecule has 78 valence electrons. The highest BCUT2D eigenvalue weighted by atomic mass is 32.2. The van der Waals surface area contributed by atoms with E-state index in [1.54, 1.807) is 16.7 Å². The Balaban J connectivity index is 2.33. The van der Waals surface area contributed by atoms with E-state index in [1.165, 1.54) is 0 Å². The van der Waals surface area contributed by atoms with E-state index in [1.807, 2.05) is 0 Å². The molecule has 0 aromatic heterocycles. The molecule has 5 heteroatoms. The molecule has 1 fully saturated rings. The minimum atomic E-state index is -2.94. The Hall–Kier alpha value is 0.130. The molecule has 0 bridgehead atoms. The number of thioether (sulfide) groups is 1. The summed E-state index contributed by atoms with van der Waals surface area (Å²) in [6, 6.07) is 0. The van der Waals surface area contributed by atoms with Crippen LogP contribution in [-0.2, 0) is 0 Å². The second kappa shape index (κ2) is 5.12. The summed E-state index contributed by atoms with van der Waals surface area (Å²) >= 11 is 1.80. The van der Waals surface area contributed by atoms with Crippen molar-refractivity contribution in [3.05, 3.63) is 0 Å². The van der Waals surface area contributed by atoms with Gasteiger partial charge in [0, 0.05) is 12.3 Å². The third-order valence-corrected chi connectivity index (χ3v) is 3.05.